The topological polar surface area (TPSA) is 82.0 Å². The molecule has 0 radical (unpaired) electrons. The first kappa shape index (κ1) is 19.0. The van der Waals surface area contributed by atoms with E-state index in [0.29, 0.717) is 5.71 Å². The summed E-state index contributed by atoms with van der Waals surface area (Å²) in [7, 11) is 1.45. The molecule has 7 heteroatoms. The Morgan fingerprint density at radius 2 is 2.00 bits per heavy atom. The standard InChI is InChI=1S/C9H10BrNO2.CH2O2.Na/c1-13-11-9(6-12)7-2-4-8(10)5-3-7;2-1-3;/h2-5,12H,6H2,1H3;1H,(H,2,3);/q;;+1/p-1. The van der Waals surface area contributed by atoms with Crippen molar-refractivity contribution in [3.05, 3.63) is 34.3 Å². The Morgan fingerprint density at radius 3 is 2.35 bits per heavy atom. The Labute approximate surface area is 130 Å². The minimum atomic E-state index is -0.500. The number of hydrogen-bond donors (Lipinski definition) is 1. The van der Waals surface area contributed by atoms with Crippen LogP contribution in [0, 0.1) is 0 Å². The molecule has 0 fully saturated rings. The molecule has 0 unspecified atom stereocenters. The molecular weight excluding hydrogens is 301 g/mol. The van der Waals surface area contributed by atoms with Gasteiger partial charge in [0.2, 0.25) is 0 Å². The van der Waals surface area contributed by atoms with Gasteiger partial charge in [-0.2, -0.15) is 0 Å². The summed E-state index contributed by atoms with van der Waals surface area (Å²) in [5.41, 5.74) is 1.38. The number of benzene rings is 1. The van der Waals surface area contributed by atoms with Crippen molar-refractivity contribution >= 4 is 28.1 Å². The maximum absolute atomic E-state index is 8.96. The number of carbonyl (C=O) groups excluding carboxylic acids is 1. The minimum absolute atomic E-state index is 0. The van der Waals surface area contributed by atoms with Gasteiger partial charge in [-0.15, -0.1) is 0 Å². The molecule has 0 aliphatic carbocycles. The van der Waals surface area contributed by atoms with Gasteiger partial charge in [-0.05, 0) is 12.1 Å². The summed E-state index contributed by atoms with van der Waals surface area (Å²) in [6, 6.07) is 7.49. The molecule has 17 heavy (non-hydrogen) atoms. The third-order valence-electron chi connectivity index (χ3n) is 1.53. The van der Waals surface area contributed by atoms with Gasteiger partial charge >= 0.3 is 29.6 Å². The van der Waals surface area contributed by atoms with Crippen LogP contribution in [0.3, 0.4) is 0 Å². The molecule has 0 saturated carbocycles. The van der Waals surface area contributed by atoms with E-state index in [0.717, 1.165) is 10.0 Å². The van der Waals surface area contributed by atoms with E-state index in [-0.39, 0.29) is 36.2 Å². The number of hydrogen-bond acceptors (Lipinski definition) is 5. The third-order valence-corrected chi connectivity index (χ3v) is 2.06. The van der Waals surface area contributed by atoms with Gasteiger partial charge in [0, 0.05) is 16.5 Å². The molecule has 1 aromatic carbocycles. The summed E-state index contributed by atoms with van der Waals surface area (Å²) in [6.07, 6.45) is 0. The average Bonchev–Trinajstić information content (AvgIpc) is 2.28. The third kappa shape index (κ3) is 8.34. The number of nitrogens with zero attached hydrogens (tertiary/aromatic N) is 1. The maximum Gasteiger partial charge on any atom is 1.00 e. The van der Waals surface area contributed by atoms with Crippen molar-refractivity contribution in [2.24, 2.45) is 5.16 Å². The Kier molecular flexibility index (Phi) is 13.5. The molecule has 0 bridgehead atoms. The number of aliphatic hydroxyl groups excluding tert-OH is 1. The van der Waals surface area contributed by atoms with Crippen molar-refractivity contribution < 1.29 is 49.4 Å². The Hall–Kier alpha value is -0.400. The first-order valence-electron chi connectivity index (χ1n) is 4.22. The van der Waals surface area contributed by atoms with Gasteiger partial charge in [0.05, 0.1) is 6.61 Å². The van der Waals surface area contributed by atoms with Gasteiger partial charge in [-0.25, -0.2) is 0 Å². The Bertz CT molecular complexity index is 343. The molecular formula is C10H11BrNNaO4. The molecule has 0 heterocycles. The van der Waals surface area contributed by atoms with E-state index in [4.69, 9.17) is 15.0 Å². The molecule has 1 N–H and O–H groups in total. The average molecular weight is 312 g/mol. The van der Waals surface area contributed by atoms with Crippen LogP contribution in [-0.2, 0) is 9.63 Å². The number of rotatable bonds is 3. The molecule has 0 aliphatic rings. The largest absolute Gasteiger partial charge is 1.00 e. The molecule has 0 aliphatic heterocycles. The van der Waals surface area contributed by atoms with Crippen molar-refractivity contribution in [2.75, 3.05) is 13.7 Å². The summed E-state index contributed by atoms with van der Waals surface area (Å²) in [5, 5.41) is 20.9. The second-order valence-corrected chi connectivity index (χ2v) is 3.40. The number of oxime groups is 1. The van der Waals surface area contributed by atoms with Crippen molar-refractivity contribution in [1.82, 2.24) is 0 Å². The SMILES string of the molecule is CON=C(CO)c1ccc(Br)cc1.O=C[O-].[Na+]. The fourth-order valence-electron chi connectivity index (χ4n) is 0.925. The van der Waals surface area contributed by atoms with Crippen LogP contribution in [0.4, 0.5) is 0 Å². The van der Waals surface area contributed by atoms with Gasteiger partial charge in [0.15, 0.2) is 0 Å². The molecule has 0 saturated heterocycles. The van der Waals surface area contributed by atoms with E-state index in [1.165, 1.54) is 7.11 Å². The predicted octanol–water partition coefficient (Wildman–Crippen LogP) is -2.84. The fourth-order valence-corrected chi connectivity index (χ4v) is 1.19. The summed E-state index contributed by atoms with van der Waals surface area (Å²) < 4.78 is 0.992. The van der Waals surface area contributed by atoms with E-state index in [1.807, 2.05) is 24.3 Å². The first-order chi connectivity index (χ1) is 7.69. The van der Waals surface area contributed by atoms with E-state index < -0.39 is 6.47 Å². The molecule has 0 amide bonds. The molecule has 1 aromatic rings. The molecule has 0 aromatic heterocycles. The van der Waals surface area contributed by atoms with Crippen LogP contribution in [0.25, 0.3) is 0 Å². The molecule has 1 rings (SSSR count). The van der Waals surface area contributed by atoms with Gasteiger partial charge in [0.25, 0.3) is 0 Å². The van der Waals surface area contributed by atoms with Crippen LogP contribution in [-0.4, -0.2) is 31.0 Å². The summed E-state index contributed by atoms with van der Waals surface area (Å²) in [5.74, 6) is 0. The Morgan fingerprint density at radius 1 is 1.53 bits per heavy atom. The number of aliphatic hydroxyl groups is 1. The number of carbonyl (C=O) groups is 1. The fraction of sp³-hybridized carbons (Fsp3) is 0.200. The summed E-state index contributed by atoms with van der Waals surface area (Å²) in [6.45, 7) is -0.629. The summed E-state index contributed by atoms with van der Waals surface area (Å²) in [4.78, 5) is 12.8. The van der Waals surface area contributed by atoms with Crippen LogP contribution in [0.5, 0.6) is 0 Å². The maximum atomic E-state index is 8.96. The van der Waals surface area contributed by atoms with Gasteiger partial charge < -0.3 is 19.8 Å². The molecule has 5 nitrogen and oxygen atoms in total. The van der Waals surface area contributed by atoms with Gasteiger partial charge in [-0.3, -0.25) is 0 Å². The molecule has 88 valence electrons. The van der Waals surface area contributed by atoms with E-state index in [1.54, 1.807) is 0 Å². The van der Waals surface area contributed by atoms with Crippen LogP contribution >= 0.6 is 15.9 Å². The zero-order chi connectivity index (χ0) is 12.4. The second-order valence-electron chi connectivity index (χ2n) is 2.48. The Balaban J connectivity index is 0. The van der Waals surface area contributed by atoms with E-state index in [2.05, 4.69) is 25.9 Å². The zero-order valence-corrected chi connectivity index (χ0v) is 13.2. The quantitative estimate of drug-likeness (QED) is 0.282. The first-order valence-corrected chi connectivity index (χ1v) is 5.01. The van der Waals surface area contributed by atoms with Crippen molar-refractivity contribution in [3.63, 3.8) is 0 Å². The van der Waals surface area contributed by atoms with Crippen LogP contribution in [0.15, 0.2) is 33.9 Å². The van der Waals surface area contributed by atoms with Crippen LogP contribution in [0.2, 0.25) is 0 Å². The normalized spacial score (nSPS) is 9.47. The van der Waals surface area contributed by atoms with E-state index >= 15 is 0 Å². The van der Waals surface area contributed by atoms with Crippen molar-refractivity contribution in [1.29, 1.82) is 0 Å². The second kappa shape index (κ2) is 12.1. The molecule has 0 spiro atoms. The van der Waals surface area contributed by atoms with Crippen molar-refractivity contribution in [2.45, 2.75) is 0 Å². The van der Waals surface area contributed by atoms with Gasteiger partial charge in [0.1, 0.15) is 12.8 Å². The van der Waals surface area contributed by atoms with Gasteiger partial charge in [-0.1, -0.05) is 33.2 Å². The van der Waals surface area contributed by atoms with Crippen LogP contribution < -0.4 is 34.7 Å². The van der Waals surface area contributed by atoms with E-state index in [9.17, 15) is 0 Å². The minimum Gasteiger partial charge on any atom is -0.554 e. The smallest absolute Gasteiger partial charge is 0.554 e. The predicted molar refractivity (Wildman–Crippen MR) is 60.8 cm³/mol. The summed E-state index contributed by atoms with van der Waals surface area (Å²) >= 11 is 3.32. The molecule has 0 atom stereocenters. The number of carboxylic acid groups (broad SMARTS) is 1. The zero-order valence-electron chi connectivity index (χ0n) is 9.59. The van der Waals surface area contributed by atoms with Crippen LogP contribution in [0.1, 0.15) is 5.56 Å². The number of halogens is 1. The van der Waals surface area contributed by atoms with Crippen molar-refractivity contribution in [3.8, 4) is 0 Å². The monoisotopic (exact) mass is 311 g/mol.